The highest BCUT2D eigenvalue weighted by Crippen LogP contribution is 2.29. The number of rotatable bonds is 7. The van der Waals surface area contributed by atoms with E-state index in [9.17, 15) is 22.4 Å². The maximum Gasteiger partial charge on any atom is 0.256 e. The molecule has 0 radical (unpaired) electrons. The minimum Gasteiger partial charge on any atom is -0.371 e. The van der Waals surface area contributed by atoms with Crippen LogP contribution in [0.3, 0.4) is 0 Å². The van der Waals surface area contributed by atoms with Gasteiger partial charge in [0.25, 0.3) is 5.91 Å². The number of benzene rings is 2. The van der Waals surface area contributed by atoms with Crippen molar-refractivity contribution in [2.45, 2.75) is 31.6 Å². The first kappa shape index (κ1) is 25.1. The van der Waals surface area contributed by atoms with Crippen molar-refractivity contribution in [1.82, 2.24) is 9.62 Å². The lowest BCUT2D eigenvalue weighted by Gasteiger charge is -2.37. The normalized spacial score (nSPS) is 16.6. The highest BCUT2D eigenvalue weighted by molar-refractivity contribution is 7.89. The summed E-state index contributed by atoms with van der Waals surface area (Å²) in [5.74, 6) is -0.888. The molecule has 2 aliphatic heterocycles. The number of sulfonamides is 1. The number of anilines is 2. The van der Waals surface area contributed by atoms with Gasteiger partial charge in [0.05, 0.1) is 16.1 Å². The summed E-state index contributed by atoms with van der Waals surface area (Å²) in [5, 5.41) is 0. The van der Waals surface area contributed by atoms with Crippen LogP contribution in [0.15, 0.2) is 41.3 Å². The van der Waals surface area contributed by atoms with Gasteiger partial charge < -0.3 is 14.7 Å². The third-order valence-corrected chi connectivity index (χ3v) is 8.09. The molecule has 2 aromatic carbocycles. The molecular formula is C25H31FN4O4S. The Labute approximate surface area is 205 Å². The zero-order valence-corrected chi connectivity index (χ0v) is 20.9. The molecule has 2 heterocycles. The quantitative estimate of drug-likeness (QED) is 0.586. The number of carbonyl (C=O) groups is 2. The molecule has 2 aromatic rings. The lowest BCUT2D eigenvalue weighted by atomic mass is 10.1. The summed E-state index contributed by atoms with van der Waals surface area (Å²) in [6.45, 7) is 6.60. The fourth-order valence-corrected chi connectivity index (χ4v) is 5.73. The number of nitrogens with zero attached hydrogens (tertiary/aromatic N) is 3. The van der Waals surface area contributed by atoms with Crippen LogP contribution in [0.2, 0.25) is 0 Å². The molecule has 0 saturated carbocycles. The van der Waals surface area contributed by atoms with Gasteiger partial charge >= 0.3 is 0 Å². The number of amides is 1. The van der Waals surface area contributed by atoms with Gasteiger partial charge in [-0.1, -0.05) is 6.92 Å². The van der Waals surface area contributed by atoms with Crippen molar-refractivity contribution >= 4 is 33.1 Å². The van der Waals surface area contributed by atoms with E-state index in [0.717, 1.165) is 31.6 Å². The summed E-state index contributed by atoms with van der Waals surface area (Å²) in [6.07, 6.45) is 2.05. The smallest absolute Gasteiger partial charge is 0.256 e. The van der Waals surface area contributed by atoms with Crippen LogP contribution in [0.25, 0.3) is 0 Å². The average Bonchev–Trinajstić information content (AvgIpc) is 3.38. The molecule has 10 heteroatoms. The standard InChI is InChI=1S/C25H31FN4O4S/c1-3-27-35(33,34)20-7-9-23(28-10-4-5-11-28)21(17-20)25(32)30-14-12-29(13-15-30)24-8-6-19(18(2)31)16-22(24)26/h6-9,16-17,27H,3-5,10-15H2,1-2H3. The molecule has 2 saturated heterocycles. The largest absolute Gasteiger partial charge is 0.371 e. The lowest BCUT2D eigenvalue weighted by molar-refractivity contribution is 0.0746. The number of piperazine rings is 1. The zero-order chi connectivity index (χ0) is 25.2. The number of hydrogen-bond donors (Lipinski definition) is 1. The Balaban J connectivity index is 1.55. The fourth-order valence-electron chi connectivity index (χ4n) is 4.66. The highest BCUT2D eigenvalue weighted by Gasteiger charge is 2.29. The Kier molecular flexibility index (Phi) is 7.42. The van der Waals surface area contributed by atoms with Gasteiger partial charge in [0.1, 0.15) is 5.82 Å². The Morgan fingerprint density at radius 3 is 2.14 bits per heavy atom. The van der Waals surface area contributed by atoms with E-state index in [2.05, 4.69) is 9.62 Å². The van der Waals surface area contributed by atoms with Gasteiger partial charge in [-0.3, -0.25) is 9.59 Å². The van der Waals surface area contributed by atoms with E-state index in [1.54, 1.807) is 36.1 Å². The van der Waals surface area contributed by atoms with Crippen LogP contribution >= 0.6 is 0 Å². The minimum atomic E-state index is -3.71. The topological polar surface area (TPSA) is 90.0 Å². The molecular weight excluding hydrogens is 471 g/mol. The maximum absolute atomic E-state index is 14.6. The molecule has 2 aliphatic rings. The number of halogens is 1. The summed E-state index contributed by atoms with van der Waals surface area (Å²) in [6, 6.07) is 9.20. The molecule has 35 heavy (non-hydrogen) atoms. The average molecular weight is 503 g/mol. The van der Waals surface area contributed by atoms with Crippen molar-refractivity contribution in [3.05, 3.63) is 53.3 Å². The highest BCUT2D eigenvalue weighted by atomic mass is 32.2. The van der Waals surface area contributed by atoms with Gasteiger partial charge in [-0.05, 0) is 56.2 Å². The van der Waals surface area contributed by atoms with Gasteiger partial charge in [0, 0.05) is 57.1 Å². The van der Waals surface area contributed by atoms with Crippen LogP contribution in [0, 0.1) is 5.82 Å². The van der Waals surface area contributed by atoms with Crippen molar-refractivity contribution < 1.29 is 22.4 Å². The molecule has 0 unspecified atom stereocenters. The first-order chi connectivity index (χ1) is 16.7. The minimum absolute atomic E-state index is 0.0666. The van der Waals surface area contributed by atoms with Gasteiger partial charge in [0.2, 0.25) is 10.0 Å². The molecule has 0 bridgehead atoms. The van der Waals surface area contributed by atoms with Gasteiger partial charge in [-0.15, -0.1) is 0 Å². The van der Waals surface area contributed by atoms with Crippen LogP contribution in [-0.4, -0.2) is 70.8 Å². The predicted molar refractivity (Wildman–Crippen MR) is 133 cm³/mol. The molecule has 8 nitrogen and oxygen atoms in total. The van der Waals surface area contributed by atoms with Gasteiger partial charge in [-0.25, -0.2) is 17.5 Å². The van der Waals surface area contributed by atoms with Crippen molar-refractivity contribution in [1.29, 1.82) is 0 Å². The van der Waals surface area contributed by atoms with E-state index in [1.807, 2.05) is 4.90 Å². The molecule has 0 aliphatic carbocycles. The van der Waals surface area contributed by atoms with E-state index in [-0.39, 0.29) is 23.1 Å². The number of nitrogens with one attached hydrogen (secondary N) is 1. The van der Waals surface area contributed by atoms with Crippen LogP contribution in [0.1, 0.15) is 47.4 Å². The number of hydrogen-bond acceptors (Lipinski definition) is 6. The molecule has 0 spiro atoms. The van der Waals surface area contributed by atoms with E-state index in [0.29, 0.717) is 43.0 Å². The molecule has 0 aromatic heterocycles. The summed E-state index contributed by atoms with van der Waals surface area (Å²) < 4.78 is 42.3. The third kappa shape index (κ3) is 5.33. The van der Waals surface area contributed by atoms with Crippen LogP contribution in [0.4, 0.5) is 15.8 Å². The summed E-state index contributed by atoms with van der Waals surface area (Å²) in [4.78, 5) is 30.9. The van der Waals surface area contributed by atoms with Crippen molar-refractivity contribution in [2.24, 2.45) is 0 Å². The van der Waals surface area contributed by atoms with Gasteiger partial charge in [-0.2, -0.15) is 0 Å². The van der Waals surface area contributed by atoms with Gasteiger partial charge in [0.15, 0.2) is 5.78 Å². The SMILES string of the molecule is CCNS(=O)(=O)c1ccc(N2CCCC2)c(C(=O)N2CCN(c3ccc(C(C)=O)cc3F)CC2)c1. The molecule has 0 atom stereocenters. The second-order valence-corrected chi connectivity index (χ2v) is 10.6. The van der Waals surface area contributed by atoms with Crippen LogP contribution in [0.5, 0.6) is 0 Å². The summed E-state index contributed by atoms with van der Waals surface area (Å²) in [5.41, 5.74) is 1.84. The predicted octanol–water partition coefficient (Wildman–Crippen LogP) is 2.89. The summed E-state index contributed by atoms with van der Waals surface area (Å²) in [7, 11) is -3.71. The summed E-state index contributed by atoms with van der Waals surface area (Å²) >= 11 is 0. The van der Waals surface area contributed by atoms with Crippen LogP contribution < -0.4 is 14.5 Å². The van der Waals surface area contributed by atoms with Crippen molar-refractivity contribution in [3.63, 3.8) is 0 Å². The third-order valence-electron chi connectivity index (χ3n) is 6.55. The number of Topliss-reactive ketones (excluding diaryl/α,β-unsaturated/α-hetero) is 1. The Morgan fingerprint density at radius 2 is 1.54 bits per heavy atom. The lowest BCUT2D eigenvalue weighted by Crippen LogP contribution is -2.49. The molecule has 188 valence electrons. The Morgan fingerprint density at radius 1 is 0.914 bits per heavy atom. The van der Waals surface area contributed by atoms with E-state index >= 15 is 0 Å². The second-order valence-electron chi connectivity index (χ2n) is 8.88. The van der Waals surface area contributed by atoms with Crippen molar-refractivity contribution in [2.75, 3.05) is 55.6 Å². The molecule has 1 N–H and O–H groups in total. The molecule has 4 rings (SSSR count). The Bertz CT molecular complexity index is 1220. The molecule has 2 fully saturated rings. The van der Waals surface area contributed by atoms with E-state index < -0.39 is 15.8 Å². The van der Waals surface area contributed by atoms with E-state index in [4.69, 9.17) is 0 Å². The zero-order valence-electron chi connectivity index (χ0n) is 20.1. The number of carbonyl (C=O) groups excluding carboxylic acids is 2. The fraction of sp³-hybridized carbons (Fsp3) is 0.440. The van der Waals surface area contributed by atoms with Crippen molar-refractivity contribution in [3.8, 4) is 0 Å². The molecule has 1 amide bonds. The first-order valence-electron chi connectivity index (χ1n) is 11.9. The van der Waals surface area contributed by atoms with E-state index in [1.165, 1.54) is 19.1 Å². The maximum atomic E-state index is 14.6. The second kappa shape index (κ2) is 10.3. The first-order valence-corrected chi connectivity index (χ1v) is 13.4. The Hall–Kier alpha value is -2.98. The number of ketones is 1. The monoisotopic (exact) mass is 502 g/mol. The van der Waals surface area contributed by atoms with Crippen LogP contribution in [-0.2, 0) is 10.0 Å².